The fourth-order valence-electron chi connectivity index (χ4n) is 1.19. The van der Waals surface area contributed by atoms with Crippen LogP contribution in [0.25, 0.3) is 0 Å². The number of H-pyrrole nitrogens is 1. The number of benzene rings is 1. The molecule has 0 aliphatic heterocycles. The van der Waals surface area contributed by atoms with E-state index in [2.05, 4.69) is 15.5 Å². The van der Waals surface area contributed by atoms with Crippen LogP contribution in [0.15, 0.2) is 30.6 Å². The zero-order chi connectivity index (χ0) is 11.5. The van der Waals surface area contributed by atoms with Crippen LogP contribution in [0.5, 0.6) is 0 Å². The van der Waals surface area contributed by atoms with Crippen molar-refractivity contribution in [3.8, 4) is 0 Å². The zero-order valence-corrected chi connectivity index (χ0v) is 8.00. The molecule has 0 fully saturated rings. The molecule has 0 bridgehead atoms. The smallest absolute Gasteiger partial charge is 0.258 e. The lowest BCUT2D eigenvalue weighted by molar-refractivity contribution is 0.102. The van der Waals surface area contributed by atoms with Gasteiger partial charge in [-0.05, 0) is 18.2 Å². The van der Waals surface area contributed by atoms with E-state index in [-0.39, 0.29) is 5.56 Å². The van der Waals surface area contributed by atoms with Crippen LogP contribution in [-0.4, -0.2) is 16.1 Å². The van der Waals surface area contributed by atoms with Crippen LogP contribution in [0, 0.1) is 11.6 Å². The van der Waals surface area contributed by atoms with Crippen LogP contribution >= 0.6 is 0 Å². The number of nitrogens with one attached hydrogen (secondary N) is 2. The molecular weight excluding hydrogens is 216 g/mol. The average molecular weight is 223 g/mol. The van der Waals surface area contributed by atoms with E-state index in [9.17, 15) is 13.6 Å². The number of carbonyl (C=O) groups excluding carboxylic acids is 1. The number of halogens is 2. The summed E-state index contributed by atoms with van der Waals surface area (Å²) in [5.74, 6) is -2.17. The second kappa shape index (κ2) is 4.09. The summed E-state index contributed by atoms with van der Waals surface area (Å²) in [4.78, 5) is 11.5. The molecule has 0 spiro atoms. The van der Waals surface area contributed by atoms with Gasteiger partial charge in [-0.15, -0.1) is 0 Å². The van der Waals surface area contributed by atoms with Crippen molar-refractivity contribution in [2.45, 2.75) is 0 Å². The van der Waals surface area contributed by atoms with Gasteiger partial charge in [0.05, 0.1) is 17.4 Å². The van der Waals surface area contributed by atoms with Gasteiger partial charge in [0, 0.05) is 6.20 Å². The van der Waals surface area contributed by atoms with Crippen LogP contribution in [-0.2, 0) is 0 Å². The Hall–Kier alpha value is -2.24. The Morgan fingerprint density at radius 3 is 2.88 bits per heavy atom. The van der Waals surface area contributed by atoms with Crippen LogP contribution < -0.4 is 5.32 Å². The number of rotatable bonds is 2. The molecule has 0 aliphatic rings. The number of amides is 1. The van der Waals surface area contributed by atoms with Gasteiger partial charge < -0.3 is 5.32 Å². The minimum absolute atomic E-state index is 0.346. The fourth-order valence-corrected chi connectivity index (χ4v) is 1.19. The summed E-state index contributed by atoms with van der Waals surface area (Å²) in [5, 5.41) is 8.45. The molecule has 0 saturated carbocycles. The third kappa shape index (κ3) is 2.05. The molecule has 0 aliphatic carbocycles. The molecule has 2 rings (SSSR count). The van der Waals surface area contributed by atoms with Gasteiger partial charge >= 0.3 is 0 Å². The van der Waals surface area contributed by atoms with E-state index >= 15 is 0 Å². The van der Waals surface area contributed by atoms with E-state index in [0.717, 1.165) is 18.2 Å². The lowest BCUT2D eigenvalue weighted by Crippen LogP contribution is -2.13. The van der Waals surface area contributed by atoms with E-state index in [1.807, 2.05) is 0 Å². The van der Waals surface area contributed by atoms with E-state index in [1.165, 1.54) is 12.4 Å². The first kappa shape index (κ1) is 10.3. The molecule has 1 aromatic heterocycles. The standard InChI is InChI=1S/C10H7F2N3O/c11-6-1-2-9(12)8(3-6)10(16)15-7-4-13-14-5-7/h1-5H,(H,13,14)(H,15,16). The van der Waals surface area contributed by atoms with Crippen molar-refractivity contribution in [1.29, 1.82) is 0 Å². The SMILES string of the molecule is O=C(Nc1cn[nH]c1)c1cc(F)ccc1F. The Bertz CT molecular complexity index is 511. The Morgan fingerprint density at radius 1 is 1.38 bits per heavy atom. The maximum atomic E-state index is 13.2. The molecule has 0 unspecified atom stereocenters. The van der Waals surface area contributed by atoms with Gasteiger partial charge in [-0.25, -0.2) is 8.78 Å². The summed E-state index contributed by atoms with van der Waals surface area (Å²) in [5.41, 5.74) is 0.0369. The predicted molar refractivity (Wildman–Crippen MR) is 52.9 cm³/mol. The van der Waals surface area contributed by atoms with Gasteiger partial charge in [0.2, 0.25) is 0 Å². The van der Waals surface area contributed by atoms with Crippen LogP contribution in [0.4, 0.5) is 14.5 Å². The molecule has 4 nitrogen and oxygen atoms in total. The van der Waals surface area contributed by atoms with Gasteiger partial charge in [-0.3, -0.25) is 9.89 Å². The minimum Gasteiger partial charge on any atom is -0.319 e. The van der Waals surface area contributed by atoms with E-state index < -0.39 is 17.5 Å². The van der Waals surface area contributed by atoms with Crippen LogP contribution in [0.1, 0.15) is 10.4 Å². The Kier molecular flexibility index (Phi) is 2.63. The lowest BCUT2D eigenvalue weighted by atomic mass is 10.2. The quantitative estimate of drug-likeness (QED) is 0.817. The highest BCUT2D eigenvalue weighted by Gasteiger charge is 2.13. The van der Waals surface area contributed by atoms with E-state index in [0.29, 0.717) is 5.69 Å². The first-order chi connectivity index (χ1) is 7.66. The predicted octanol–water partition coefficient (Wildman–Crippen LogP) is 1.94. The number of nitrogens with zero attached hydrogens (tertiary/aromatic N) is 1. The summed E-state index contributed by atoms with van der Waals surface area (Å²) < 4.78 is 26.0. The summed E-state index contributed by atoms with van der Waals surface area (Å²) in [6.07, 6.45) is 2.78. The third-order valence-corrected chi connectivity index (χ3v) is 1.93. The molecule has 6 heteroatoms. The molecule has 0 atom stereocenters. The number of carbonyl (C=O) groups is 1. The Labute approximate surface area is 89.3 Å². The molecule has 2 N–H and O–H groups in total. The molecule has 1 heterocycles. The molecule has 0 radical (unpaired) electrons. The highest BCUT2D eigenvalue weighted by atomic mass is 19.1. The third-order valence-electron chi connectivity index (χ3n) is 1.93. The number of hydrogen-bond donors (Lipinski definition) is 2. The van der Waals surface area contributed by atoms with Crippen LogP contribution in [0.2, 0.25) is 0 Å². The van der Waals surface area contributed by atoms with Gasteiger partial charge in [0.25, 0.3) is 5.91 Å². The van der Waals surface area contributed by atoms with Crippen molar-refractivity contribution in [3.63, 3.8) is 0 Å². The summed E-state index contributed by atoms with van der Waals surface area (Å²) in [6, 6.07) is 2.69. The van der Waals surface area contributed by atoms with Crippen molar-refractivity contribution in [3.05, 3.63) is 47.8 Å². The molecule has 2 aromatic rings. The highest BCUT2D eigenvalue weighted by Crippen LogP contribution is 2.12. The maximum absolute atomic E-state index is 13.2. The van der Waals surface area contributed by atoms with Crippen LogP contribution in [0.3, 0.4) is 0 Å². The number of anilines is 1. The number of aromatic nitrogens is 2. The minimum atomic E-state index is -0.776. The first-order valence-corrected chi connectivity index (χ1v) is 4.42. The first-order valence-electron chi connectivity index (χ1n) is 4.42. The average Bonchev–Trinajstić information content (AvgIpc) is 2.74. The molecule has 82 valence electrons. The van der Waals surface area contributed by atoms with E-state index in [1.54, 1.807) is 0 Å². The second-order valence-electron chi connectivity index (χ2n) is 3.07. The fraction of sp³-hybridized carbons (Fsp3) is 0. The van der Waals surface area contributed by atoms with Gasteiger partial charge in [0.15, 0.2) is 0 Å². The molecular formula is C10H7F2N3O. The Morgan fingerprint density at radius 2 is 2.19 bits per heavy atom. The second-order valence-corrected chi connectivity index (χ2v) is 3.07. The monoisotopic (exact) mass is 223 g/mol. The largest absolute Gasteiger partial charge is 0.319 e. The van der Waals surface area contributed by atoms with Crippen molar-refractivity contribution < 1.29 is 13.6 Å². The van der Waals surface area contributed by atoms with Crippen molar-refractivity contribution in [2.75, 3.05) is 5.32 Å². The van der Waals surface area contributed by atoms with Crippen molar-refractivity contribution >= 4 is 11.6 Å². The topological polar surface area (TPSA) is 57.8 Å². The van der Waals surface area contributed by atoms with Crippen molar-refractivity contribution in [1.82, 2.24) is 10.2 Å². The maximum Gasteiger partial charge on any atom is 0.258 e. The molecule has 1 amide bonds. The number of hydrogen-bond acceptors (Lipinski definition) is 2. The number of aromatic amines is 1. The van der Waals surface area contributed by atoms with Gasteiger partial charge in [-0.1, -0.05) is 0 Å². The zero-order valence-electron chi connectivity index (χ0n) is 8.00. The van der Waals surface area contributed by atoms with Crippen molar-refractivity contribution in [2.24, 2.45) is 0 Å². The van der Waals surface area contributed by atoms with Gasteiger partial charge in [-0.2, -0.15) is 5.10 Å². The Balaban J connectivity index is 2.24. The summed E-state index contributed by atoms with van der Waals surface area (Å²) in [6.45, 7) is 0. The lowest BCUT2D eigenvalue weighted by Gasteiger charge is -2.03. The summed E-state index contributed by atoms with van der Waals surface area (Å²) in [7, 11) is 0. The van der Waals surface area contributed by atoms with Gasteiger partial charge in [0.1, 0.15) is 11.6 Å². The normalized spacial score (nSPS) is 10.1. The summed E-state index contributed by atoms with van der Waals surface area (Å²) >= 11 is 0. The van der Waals surface area contributed by atoms with E-state index in [4.69, 9.17) is 0 Å². The molecule has 1 aromatic carbocycles. The molecule has 16 heavy (non-hydrogen) atoms. The molecule has 0 saturated heterocycles. The highest BCUT2D eigenvalue weighted by molar-refractivity contribution is 6.04.